The molecule has 1 fully saturated rings. The predicted molar refractivity (Wildman–Crippen MR) is 61.0 cm³/mol. The van der Waals surface area contributed by atoms with Crippen molar-refractivity contribution < 1.29 is 14.5 Å². The molecule has 7 heteroatoms. The first-order valence-corrected chi connectivity index (χ1v) is 5.46. The van der Waals surface area contributed by atoms with Crippen LogP contribution in [0.2, 0.25) is 0 Å². The van der Waals surface area contributed by atoms with Crippen LogP contribution < -0.4 is 0 Å². The molecule has 2 heterocycles. The van der Waals surface area contributed by atoms with E-state index < -0.39 is 11.0 Å². The van der Waals surface area contributed by atoms with Gasteiger partial charge in [-0.15, -0.1) is 0 Å². The molecular weight excluding hydrogens is 238 g/mol. The van der Waals surface area contributed by atoms with Gasteiger partial charge < -0.3 is 4.74 Å². The van der Waals surface area contributed by atoms with Gasteiger partial charge in [0.25, 0.3) is 5.69 Å². The summed E-state index contributed by atoms with van der Waals surface area (Å²) in [5, 5.41) is 15.4. The molecule has 0 spiro atoms. The smallest absolute Gasteiger partial charge is 0.331 e. The maximum atomic E-state index is 11.5. The number of nitro groups is 1. The second kappa shape index (κ2) is 3.80. The van der Waals surface area contributed by atoms with Crippen molar-refractivity contribution in [1.29, 1.82) is 0 Å². The highest BCUT2D eigenvalue weighted by Crippen LogP contribution is 2.29. The van der Waals surface area contributed by atoms with Gasteiger partial charge in [-0.25, -0.2) is 4.79 Å². The molecule has 0 amide bonds. The van der Waals surface area contributed by atoms with Crippen LogP contribution in [0.3, 0.4) is 0 Å². The van der Waals surface area contributed by atoms with E-state index in [4.69, 9.17) is 4.74 Å². The second-order valence-electron chi connectivity index (χ2n) is 4.03. The van der Waals surface area contributed by atoms with Gasteiger partial charge in [-0.1, -0.05) is 6.07 Å². The van der Waals surface area contributed by atoms with Crippen molar-refractivity contribution in [3.63, 3.8) is 0 Å². The Hall–Kier alpha value is -2.44. The molecule has 1 saturated heterocycles. The van der Waals surface area contributed by atoms with Crippen molar-refractivity contribution >= 4 is 22.6 Å². The lowest BCUT2D eigenvalue weighted by molar-refractivity contribution is -0.383. The Morgan fingerprint density at radius 2 is 2.33 bits per heavy atom. The predicted octanol–water partition coefficient (Wildman–Crippen LogP) is 1.43. The quantitative estimate of drug-likeness (QED) is 0.455. The highest BCUT2D eigenvalue weighted by molar-refractivity contribution is 5.89. The fraction of sp³-hybridized carbons (Fsp3) is 0.273. The van der Waals surface area contributed by atoms with Crippen LogP contribution in [0.15, 0.2) is 24.4 Å². The van der Waals surface area contributed by atoms with E-state index in [2.05, 4.69) is 5.10 Å². The minimum Gasteiger partial charge on any atom is -0.464 e. The number of hydrogen-bond donors (Lipinski definition) is 0. The number of ether oxygens (including phenoxy) is 1. The Morgan fingerprint density at radius 3 is 3.00 bits per heavy atom. The van der Waals surface area contributed by atoms with Gasteiger partial charge in [0.2, 0.25) is 0 Å². The maximum absolute atomic E-state index is 11.5. The summed E-state index contributed by atoms with van der Waals surface area (Å²) < 4.78 is 6.38. The Morgan fingerprint density at radius 1 is 1.50 bits per heavy atom. The number of nitrogens with zero attached hydrogens (tertiary/aromatic N) is 3. The minimum absolute atomic E-state index is 0.00915. The van der Waals surface area contributed by atoms with E-state index in [1.807, 2.05) is 0 Å². The van der Waals surface area contributed by atoms with Gasteiger partial charge in [0.15, 0.2) is 6.04 Å². The number of esters is 1. The standard InChI is InChI=1S/C11H9N3O4/c15-11-10(4-5-18-11)13-8-2-1-3-9(14(16)17)7(8)6-12-13/h1-3,6,10H,4-5H2. The van der Waals surface area contributed by atoms with Gasteiger partial charge in [0, 0.05) is 12.5 Å². The van der Waals surface area contributed by atoms with E-state index in [1.54, 1.807) is 12.1 Å². The van der Waals surface area contributed by atoms with E-state index in [-0.39, 0.29) is 11.7 Å². The molecule has 0 bridgehead atoms. The van der Waals surface area contributed by atoms with E-state index in [0.717, 1.165) is 0 Å². The number of non-ortho nitro benzene ring substituents is 1. The summed E-state index contributed by atoms with van der Waals surface area (Å²) >= 11 is 0. The van der Waals surface area contributed by atoms with Crippen molar-refractivity contribution in [1.82, 2.24) is 9.78 Å². The van der Waals surface area contributed by atoms with E-state index in [1.165, 1.54) is 16.9 Å². The number of cyclic esters (lactones) is 1. The van der Waals surface area contributed by atoms with Crippen LogP contribution >= 0.6 is 0 Å². The molecule has 18 heavy (non-hydrogen) atoms. The zero-order valence-corrected chi connectivity index (χ0v) is 9.28. The van der Waals surface area contributed by atoms with Gasteiger partial charge >= 0.3 is 5.97 Å². The summed E-state index contributed by atoms with van der Waals surface area (Å²) in [7, 11) is 0. The van der Waals surface area contributed by atoms with Gasteiger partial charge in [-0.3, -0.25) is 14.8 Å². The third-order valence-electron chi connectivity index (χ3n) is 3.02. The van der Waals surface area contributed by atoms with Crippen LogP contribution in [-0.2, 0) is 9.53 Å². The molecule has 1 atom stereocenters. The molecular formula is C11H9N3O4. The summed E-state index contributed by atoms with van der Waals surface area (Å²) in [4.78, 5) is 21.9. The first kappa shape index (κ1) is 10.7. The monoisotopic (exact) mass is 247 g/mol. The molecule has 0 N–H and O–H groups in total. The molecule has 1 aliphatic heterocycles. The fourth-order valence-corrected chi connectivity index (χ4v) is 2.17. The summed E-state index contributed by atoms with van der Waals surface area (Å²) in [6, 6.07) is 4.23. The van der Waals surface area contributed by atoms with Crippen molar-refractivity contribution in [2.45, 2.75) is 12.5 Å². The van der Waals surface area contributed by atoms with Crippen LogP contribution in [0.25, 0.3) is 10.9 Å². The van der Waals surface area contributed by atoms with Crippen molar-refractivity contribution in [2.24, 2.45) is 0 Å². The maximum Gasteiger partial charge on any atom is 0.331 e. The summed E-state index contributed by atoms with van der Waals surface area (Å²) in [6.45, 7) is 0.361. The Balaban J connectivity index is 2.18. The number of rotatable bonds is 2. The fourth-order valence-electron chi connectivity index (χ4n) is 2.17. The molecule has 1 aromatic carbocycles. The topological polar surface area (TPSA) is 87.3 Å². The highest BCUT2D eigenvalue weighted by Gasteiger charge is 2.30. The number of aromatic nitrogens is 2. The largest absolute Gasteiger partial charge is 0.464 e. The molecule has 1 unspecified atom stereocenters. The van der Waals surface area contributed by atoms with Crippen molar-refractivity contribution in [3.05, 3.63) is 34.5 Å². The van der Waals surface area contributed by atoms with E-state index in [9.17, 15) is 14.9 Å². The lowest BCUT2D eigenvalue weighted by atomic mass is 10.2. The second-order valence-corrected chi connectivity index (χ2v) is 4.03. The molecule has 7 nitrogen and oxygen atoms in total. The Bertz CT molecular complexity index is 649. The summed E-state index contributed by atoms with van der Waals surface area (Å²) in [6.07, 6.45) is 1.96. The van der Waals surface area contributed by atoms with Gasteiger partial charge in [-0.05, 0) is 6.07 Å². The van der Waals surface area contributed by atoms with Crippen LogP contribution in [0.5, 0.6) is 0 Å². The van der Waals surface area contributed by atoms with Gasteiger partial charge in [0.1, 0.15) is 0 Å². The van der Waals surface area contributed by atoms with E-state index >= 15 is 0 Å². The normalized spacial score (nSPS) is 19.1. The van der Waals surface area contributed by atoms with Crippen LogP contribution in [0.4, 0.5) is 5.69 Å². The summed E-state index contributed by atoms with van der Waals surface area (Å²) in [5.74, 6) is -0.341. The first-order chi connectivity index (χ1) is 8.68. The van der Waals surface area contributed by atoms with Crippen LogP contribution in [-0.4, -0.2) is 27.3 Å². The number of benzene rings is 1. The third-order valence-corrected chi connectivity index (χ3v) is 3.02. The molecule has 0 radical (unpaired) electrons. The molecule has 92 valence electrons. The third kappa shape index (κ3) is 1.44. The number of carbonyl (C=O) groups is 1. The van der Waals surface area contributed by atoms with E-state index in [0.29, 0.717) is 23.9 Å². The average Bonchev–Trinajstić information content (AvgIpc) is 2.93. The van der Waals surface area contributed by atoms with Crippen molar-refractivity contribution in [3.8, 4) is 0 Å². The summed E-state index contributed by atoms with van der Waals surface area (Å²) in [5.41, 5.74) is 0.568. The molecule has 0 aliphatic carbocycles. The Labute approximate surface area is 101 Å². The zero-order chi connectivity index (χ0) is 12.7. The van der Waals surface area contributed by atoms with Gasteiger partial charge in [0.05, 0.1) is 28.6 Å². The van der Waals surface area contributed by atoms with Gasteiger partial charge in [-0.2, -0.15) is 5.10 Å². The highest BCUT2D eigenvalue weighted by atomic mass is 16.6. The van der Waals surface area contributed by atoms with Crippen LogP contribution in [0, 0.1) is 10.1 Å². The number of nitro benzene ring substituents is 1. The molecule has 1 aromatic heterocycles. The lowest BCUT2D eigenvalue weighted by Gasteiger charge is -2.07. The molecule has 0 saturated carbocycles. The van der Waals surface area contributed by atoms with Crippen LogP contribution in [0.1, 0.15) is 12.5 Å². The van der Waals surface area contributed by atoms with Crippen molar-refractivity contribution in [2.75, 3.05) is 6.61 Å². The molecule has 2 aromatic rings. The first-order valence-electron chi connectivity index (χ1n) is 5.46. The number of carbonyl (C=O) groups excluding carboxylic acids is 1. The lowest BCUT2D eigenvalue weighted by Crippen LogP contribution is -2.15. The molecule has 1 aliphatic rings. The SMILES string of the molecule is O=C1OCCC1n1ncc2c([N+](=O)[O-])cccc21. The zero-order valence-electron chi connectivity index (χ0n) is 9.28. The Kier molecular flexibility index (Phi) is 2.26. The minimum atomic E-state index is -0.482. The average molecular weight is 247 g/mol. The number of hydrogen-bond acceptors (Lipinski definition) is 5. The molecule has 3 rings (SSSR count). The number of fused-ring (bicyclic) bond motifs is 1.